The fourth-order valence-electron chi connectivity index (χ4n) is 4.54. The van der Waals surface area contributed by atoms with Crippen LogP contribution < -0.4 is 9.64 Å². The van der Waals surface area contributed by atoms with Gasteiger partial charge in [0.1, 0.15) is 5.75 Å². The quantitative estimate of drug-likeness (QED) is 0.860. The van der Waals surface area contributed by atoms with Gasteiger partial charge in [-0.05, 0) is 55.4 Å². The van der Waals surface area contributed by atoms with Gasteiger partial charge in [0.25, 0.3) is 5.91 Å². The number of carbonyl (C=O) groups excluding carboxylic acids is 1. The van der Waals surface area contributed by atoms with Gasteiger partial charge in [0, 0.05) is 16.9 Å². The molecule has 5 nitrogen and oxygen atoms in total. The Morgan fingerprint density at radius 2 is 1.92 bits per heavy atom. The highest BCUT2D eigenvalue weighted by molar-refractivity contribution is 6.10. The number of nitrogens with one attached hydrogen (secondary N) is 1. The van der Waals surface area contributed by atoms with E-state index in [2.05, 4.69) is 24.0 Å². The highest BCUT2D eigenvalue weighted by Gasteiger charge is 2.46. The van der Waals surface area contributed by atoms with E-state index in [4.69, 9.17) is 4.74 Å². The topological polar surface area (TPSA) is 58.2 Å². The van der Waals surface area contributed by atoms with E-state index in [1.807, 2.05) is 29.2 Å². The van der Waals surface area contributed by atoms with Crippen molar-refractivity contribution >= 4 is 11.6 Å². The highest BCUT2D eigenvalue weighted by atomic mass is 16.5. The Balaban J connectivity index is 1.77. The molecule has 138 valence electrons. The van der Waals surface area contributed by atoms with Crippen molar-refractivity contribution in [2.45, 2.75) is 52.0 Å². The largest absolute Gasteiger partial charge is 0.497 e. The second kappa shape index (κ2) is 6.78. The van der Waals surface area contributed by atoms with Crippen LogP contribution in [0.4, 0.5) is 5.69 Å². The Morgan fingerprint density at radius 1 is 1.23 bits per heavy atom. The van der Waals surface area contributed by atoms with Crippen molar-refractivity contribution in [3.63, 3.8) is 0 Å². The molecule has 0 radical (unpaired) electrons. The Hall–Kier alpha value is -2.30. The van der Waals surface area contributed by atoms with Crippen LogP contribution in [-0.4, -0.2) is 23.2 Å². The summed E-state index contributed by atoms with van der Waals surface area (Å²) < 4.78 is 5.27. The number of H-pyrrole nitrogens is 1. The number of methoxy groups -OCH3 is 1. The summed E-state index contributed by atoms with van der Waals surface area (Å²) in [6.45, 7) is 4.41. The van der Waals surface area contributed by atoms with Crippen LogP contribution in [0.3, 0.4) is 0 Å². The number of ether oxygens (including phenoxy) is 1. The van der Waals surface area contributed by atoms with Gasteiger partial charge in [-0.25, -0.2) is 0 Å². The molecule has 1 aliphatic heterocycles. The zero-order chi connectivity index (χ0) is 18.3. The highest BCUT2D eigenvalue weighted by Crippen LogP contribution is 2.48. The molecule has 2 aromatic rings. The molecule has 26 heavy (non-hydrogen) atoms. The second-order valence-electron chi connectivity index (χ2n) is 7.92. The summed E-state index contributed by atoms with van der Waals surface area (Å²) in [4.78, 5) is 15.2. The maximum Gasteiger partial charge on any atom is 0.279 e. The van der Waals surface area contributed by atoms with E-state index in [0.29, 0.717) is 17.5 Å². The molecule has 1 atom stereocenters. The van der Waals surface area contributed by atoms with Crippen LogP contribution in [-0.2, 0) is 6.42 Å². The van der Waals surface area contributed by atoms with Gasteiger partial charge in [-0.2, -0.15) is 5.10 Å². The summed E-state index contributed by atoms with van der Waals surface area (Å²) in [6.07, 6.45) is 5.78. The van der Waals surface area contributed by atoms with Gasteiger partial charge < -0.3 is 4.74 Å². The zero-order valence-corrected chi connectivity index (χ0v) is 15.8. The van der Waals surface area contributed by atoms with Crippen LogP contribution >= 0.6 is 0 Å². The van der Waals surface area contributed by atoms with Gasteiger partial charge in [0.15, 0.2) is 5.69 Å². The Kier molecular flexibility index (Phi) is 4.47. The van der Waals surface area contributed by atoms with E-state index < -0.39 is 0 Å². The van der Waals surface area contributed by atoms with E-state index in [1.165, 1.54) is 25.7 Å². The predicted molar refractivity (Wildman–Crippen MR) is 102 cm³/mol. The van der Waals surface area contributed by atoms with Crippen molar-refractivity contribution in [1.82, 2.24) is 10.2 Å². The number of fused-ring (bicyclic) bond motifs is 1. The van der Waals surface area contributed by atoms with Crippen LogP contribution in [0.25, 0.3) is 0 Å². The van der Waals surface area contributed by atoms with Crippen LogP contribution in [0.2, 0.25) is 0 Å². The smallest absolute Gasteiger partial charge is 0.279 e. The number of benzene rings is 1. The molecule has 1 aromatic carbocycles. The first-order valence-corrected chi connectivity index (χ1v) is 9.65. The Bertz CT molecular complexity index is 788. The van der Waals surface area contributed by atoms with Crippen molar-refractivity contribution in [2.24, 2.45) is 11.8 Å². The maximum absolute atomic E-state index is 13.2. The molecule has 4 rings (SSSR count). The molecular formula is C21H27N3O2. The lowest BCUT2D eigenvalue weighted by Crippen LogP contribution is -2.32. The first kappa shape index (κ1) is 17.1. The molecule has 2 aliphatic rings. The molecule has 1 unspecified atom stereocenters. The van der Waals surface area contributed by atoms with E-state index in [1.54, 1.807) is 7.11 Å². The minimum Gasteiger partial charge on any atom is -0.497 e. The van der Waals surface area contributed by atoms with Crippen LogP contribution in [0.15, 0.2) is 24.3 Å². The number of hydrogen-bond donors (Lipinski definition) is 1. The lowest BCUT2D eigenvalue weighted by molar-refractivity contribution is 0.0980. The second-order valence-corrected chi connectivity index (χ2v) is 7.92. The molecule has 5 heteroatoms. The van der Waals surface area contributed by atoms with Crippen molar-refractivity contribution in [1.29, 1.82) is 0 Å². The zero-order valence-electron chi connectivity index (χ0n) is 15.8. The monoisotopic (exact) mass is 353 g/mol. The molecular weight excluding hydrogens is 326 g/mol. The summed E-state index contributed by atoms with van der Waals surface area (Å²) >= 11 is 0. The molecule has 1 aromatic heterocycles. The molecule has 1 N–H and O–H groups in total. The average Bonchev–Trinajstić information content (AvgIpc) is 3.34. The fourth-order valence-corrected chi connectivity index (χ4v) is 4.54. The molecule has 1 saturated carbocycles. The minimum absolute atomic E-state index is 0.0216. The molecule has 0 spiro atoms. The van der Waals surface area contributed by atoms with E-state index in [-0.39, 0.29) is 11.9 Å². The Morgan fingerprint density at radius 3 is 2.54 bits per heavy atom. The van der Waals surface area contributed by atoms with E-state index in [0.717, 1.165) is 29.1 Å². The number of hydrogen-bond acceptors (Lipinski definition) is 3. The van der Waals surface area contributed by atoms with Crippen molar-refractivity contribution < 1.29 is 9.53 Å². The molecule has 1 aliphatic carbocycles. The van der Waals surface area contributed by atoms with Gasteiger partial charge in [0.05, 0.1) is 13.2 Å². The lowest BCUT2D eigenvalue weighted by Gasteiger charge is -2.31. The molecule has 0 saturated heterocycles. The third-order valence-electron chi connectivity index (χ3n) is 5.69. The van der Waals surface area contributed by atoms with Gasteiger partial charge in [-0.1, -0.05) is 26.7 Å². The fraction of sp³-hybridized carbons (Fsp3) is 0.524. The molecule has 1 amide bonds. The SMILES string of the molecule is COc1ccc(N2C(=O)c3n[nH]c(CC(C)C)c3C2C2CCCC2)cc1. The predicted octanol–water partition coefficient (Wildman–Crippen LogP) is 4.51. The van der Waals surface area contributed by atoms with Crippen molar-refractivity contribution in [3.8, 4) is 5.75 Å². The molecule has 0 bridgehead atoms. The number of aromatic amines is 1. The number of rotatable bonds is 5. The number of nitrogens with zero attached hydrogens (tertiary/aromatic N) is 2. The van der Waals surface area contributed by atoms with Gasteiger partial charge in [-0.3, -0.25) is 14.8 Å². The normalized spacial score (nSPS) is 20.2. The minimum atomic E-state index is 0.0216. The number of aromatic nitrogens is 2. The number of anilines is 1. The lowest BCUT2D eigenvalue weighted by atomic mass is 9.90. The average molecular weight is 353 g/mol. The van der Waals surface area contributed by atoms with Crippen molar-refractivity contribution in [2.75, 3.05) is 12.0 Å². The standard InChI is InChI=1S/C21H27N3O2/c1-13(2)12-17-18-19(23-22-17)21(25)24(20(18)14-6-4-5-7-14)15-8-10-16(26-3)11-9-15/h8-11,13-14,20H,4-7,12H2,1-3H3,(H,22,23). The number of amides is 1. The maximum atomic E-state index is 13.2. The summed E-state index contributed by atoms with van der Waals surface area (Å²) in [5, 5.41) is 7.59. The van der Waals surface area contributed by atoms with E-state index in [9.17, 15) is 4.79 Å². The number of carbonyl (C=O) groups is 1. The van der Waals surface area contributed by atoms with Crippen LogP contribution in [0.1, 0.15) is 67.3 Å². The van der Waals surface area contributed by atoms with Crippen LogP contribution in [0, 0.1) is 11.8 Å². The third kappa shape index (κ3) is 2.79. The summed E-state index contributed by atoms with van der Waals surface area (Å²) in [5.74, 6) is 1.85. The molecule has 1 fully saturated rings. The first-order chi connectivity index (χ1) is 12.6. The molecule has 2 heterocycles. The van der Waals surface area contributed by atoms with E-state index >= 15 is 0 Å². The van der Waals surface area contributed by atoms with Gasteiger partial charge in [0.2, 0.25) is 0 Å². The summed E-state index contributed by atoms with van der Waals surface area (Å²) in [6, 6.07) is 7.91. The Labute approximate surface area is 154 Å². The summed E-state index contributed by atoms with van der Waals surface area (Å²) in [5.41, 5.74) is 3.83. The van der Waals surface area contributed by atoms with Gasteiger partial charge in [-0.15, -0.1) is 0 Å². The van der Waals surface area contributed by atoms with Crippen LogP contribution in [0.5, 0.6) is 5.75 Å². The summed E-state index contributed by atoms with van der Waals surface area (Å²) in [7, 11) is 1.66. The van der Waals surface area contributed by atoms with Crippen molar-refractivity contribution in [3.05, 3.63) is 41.2 Å². The first-order valence-electron chi connectivity index (χ1n) is 9.65. The third-order valence-corrected chi connectivity index (χ3v) is 5.69. The van der Waals surface area contributed by atoms with Gasteiger partial charge >= 0.3 is 0 Å².